The largest absolute Gasteiger partial charge is 0.0801 e. The van der Waals surface area contributed by atoms with Crippen LogP contribution in [0.2, 0.25) is 0 Å². The van der Waals surface area contributed by atoms with Crippen LogP contribution in [0.25, 0.3) is 0 Å². The smallest absolute Gasteiger partial charge is 0.00884 e. The minimum atomic E-state index is 0.994. The predicted octanol–water partition coefficient (Wildman–Crippen LogP) is 5.15. The van der Waals surface area contributed by atoms with Gasteiger partial charge in [0.15, 0.2) is 0 Å². The quantitative estimate of drug-likeness (QED) is 0.554. The molecule has 0 atom stereocenters. The maximum absolute atomic E-state index is 2.18. The summed E-state index contributed by atoms with van der Waals surface area (Å²) in [5.41, 5.74) is 2.62. The zero-order valence-electron chi connectivity index (χ0n) is 10.9. The Morgan fingerprint density at radius 3 is 1.79 bits per heavy atom. The van der Waals surface area contributed by atoms with Crippen molar-refractivity contribution in [2.24, 2.45) is 0 Å². The summed E-state index contributed by atoms with van der Waals surface area (Å²) in [5, 5.41) is 0. The van der Waals surface area contributed by atoms with Crippen LogP contribution in [0.4, 0.5) is 0 Å². The van der Waals surface area contributed by atoms with Gasteiger partial charge in [-0.3, -0.25) is 0 Å². The van der Waals surface area contributed by atoms with Crippen LogP contribution < -0.4 is 0 Å². The van der Waals surface area contributed by atoms with E-state index in [4.69, 9.17) is 0 Å². The Labute approximate surface area is 115 Å². The monoisotopic (exact) mass is 246 g/mol. The number of hydrogen-bond donors (Lipinski definition) is 0. The van der Waals surface area contributed by atoms with Crippen molar-refractivity contribution < 1.29 is 0 Å². The first-order valence-corrected chi connectivity index (χ1v) is 6.54. The Morgan fingerprint density at radius 1 is 0.526 bits per heavy atom. The Hall–Kier alpha value is -2.34. The highest BCUT2D eigenvalue weighted by Gasteiger charge is 2.01. The average molecular weight is 246 g/mol. The van der Waals surface area contributed by atoms with Gasteiger partial charge in [-0.2, -0.15) is 0 Å². The second-order valence-electron chi connectivity index (χ2n) is 4.23. The van der Waals surface area contributed by atoms with Crippen molar-refractivity contribution >= 4 is 0 Å². The highest BCUT2D eigenvalue weighted by atomic mass is 14.1. The van der Waals surface area contributed by atoms with E-state index in [1.165, 1.54) is 11.1 Å². The second kappa shape index (κ2) is 7.88. The van der Waals surface area contributed by atoms with Gasteiger partial charge in [0.1, 0.15) is 0 Å². The SMILES string of the molecule is C1=CC=CC=CC=C2CC=CC=C2C=CC=CC=C1. The van der Waals surface area contributed by atoms with Gasteiger partial charge in [0.05, 0.1) is 0 Å². The average Bonchev–Trinajstić information content (AvgIpc) is 2.45. The molecule has 0 spiro atoms. The van der Waals surface area contributed by atoms with Gasteiger partial charge in [-0.05, 0) is 17.6 Å². The lowest BCUT2D eigenvalue weighted by atomic mass is 9.97. The number of fused-ring (bicyclic) bond motifs is 1. The minimum absolute atomic E-state index is 0.994. The molecule has 0 heterocycles. The van der Waals surface area contributed by atoms with Crippen molar-refractivity contribution in [2.45, 2.75) is 6.42 Å². The molecule has 0 saturated carbocycles. The minimum Gasteiger partial charge on any atom is -0.0801 e. The van der Waals surface area contributed by atoms with Crippen LogP contribution in [0.15, 0.2) is 108 Å². The van der Waals surface area contributed by atoms with Crippen LogP contribution in [0.3, 0.4) is 0 Å². The van der Waals surface area contributed by atoms with Gasteiger partial charge in [0.25, 0.3) is 0 Å². The van der Waals surface area contributed by atoms with Crippen LogP contribution in [0.1, 0.15) is 6.42 Å². The Kier molecular flexibility index (Phi) is 5.44. The summed E-state index contributed by atoms with van der Waals surface area (Å²) in [6.07, 6.45) is 34.2. The van der Waals surface area contributed by atoms with Crippen molar-refractivity contribution in [2.75, 3.05) is 0 Å². The number of hydrogen-bond acceptors (Lipinski definition) is 0. The van der Waals surface area contributed by atoms with E-state index in [2.05, 4.69) is 48.6 Å². The molecule has 0 heteroatoms. The highest BCUT2D eigenvalue weighted by Crippen LogP contribution is 2.20. The molecule has 0 aromatic rings. The van der Waals surface area contributed by atoms with E-state index in [9.17, 15) is 0 Å². The molecule has 0 N–H and O–H groups in total. The topological polar surface area (TPSA) is 0 Å². The summed E-state index contributed by atoms with van der Waals surface area (Å²) in [4.78, 5) is 0. The molecule has 2 aliphatic carbocycles. The lowest BCUT2D eigenvalue weighted by molar-refractivity contribution is 1.22. The first kappa shape index (κ1) is 13.1. The molecule has 0 amide bonds. The predicted molar refractivity (Wildman–Crippen MR) is 84.8 cm³/mol. The molecule has 2 rings (SSSR count). The summed E-state index contributed by atoms with van der Waals surface area (Å²) in [6, 6.07) is 0. The summed E-state index contributed by atoms with van der Waals surface area (Å²) in [5.74, 6) is 0. The maximum atomic E-state index is 2.18. The molecule has 0 aromatic heterocycles. The number of rotatable bonds is 0. The Morgan fingerprint density at radius 2 is 1.11 bits per heavy atom. The van der Waals surface area contributed by atoms with E-state index in [-0.39, 0.29) is 0 Å². The van der Waals surface area contributed by atoms with Crippen molar-refractivity contribution in [1.82, 2.24) is 0 Å². The van der Waals surface area contributed by atoms with Crippen LogP contribution in [0.5, 0.6) is 0 Å². The van der Waals surface area contributed by atoms with E-state index in [0.29, 0.717) is 0 Å². The van der Waals surface area contributed by atoms with E-state index in [1.807, 2.05) is 48.6 Å². The van der Waals surface area contributed by atoms with Gasteiger partial charge in [-0.1, -0.05) is 97.2 Å². The lowest BCUT2D eigenvalue weighted by Gasteiger charge is -2.08. The molecule has 0 unspecified atom stereocenters. The summed E-state index contributed by atoms with van der Waals surface area (Å²) in [7, 11) is 0. The third kappa shape index (κ3) is 4.81. The molecule has 0 saturated heterocycles. The fourth-order valence-corrected chi connectivity index (χ4v) is 1.83. The zero-order chi connectivity index (χ0) is 13.2. The standard InChI is InChI=1S/C19H18/c1-2-4-6-8-10-14-18-16-12-13-17-19(18)15-11-9-7-5-3-1/h1-16H,17H2. The third-order valence-electron chi connectivity index (χ3n) is 2.80. The van der Waals surface area contributed by atoms with Crippen LogP contribution in [0, 0.1) is 0 Å². The zero-order valence-corrected chi connectivity index (χ0v) is 10.9. The van der Waals surface area contributed by atoms with Gasteiger partial charge in [0.2, 0.25) is 0 Å². The fraction of sp³-hybridized carbons (Fsp3) is 0.0526. The van der Waals surface area contributed by atoms with Gasteiger partial charge in [-0.25, -0.2) is 0 Å². The molecule has 94 valence electrons. The molecule has 2 aliphatic rings. The molecule has 0 fully saturated rings. The first-order chi connectivity index (χ1) is 9.47. The molecule has 0 aliphatic heterocycles. The van der Waals surface area contributed by atoms with E-state index < -0.39 is 0 Å². The van der Waals surface area contributed by atoms with Gasteiger partial charge in [-0.15, -0.1) is 0 Å². The Balaban J connectivity index is 2.25. The molecular formula is C19H18. The van der Waals surface area contributed by atoms with Crippen molar-refractivity contribution in [3.05, 3.63) is 108 Å². The normalized spacial score (nSPS) is 18.5. The molecule has 0 aromatic carbocycles. The van der Waals surface area contributed by atoms with Gasteiger partial charge in [0, 0.05) is 0 Å². The summed E-state index contributed by atoms with van der Waals surface area (Å²) < 4.78 is 0. The van der Waals surface area contributed by atoms with Crippen LogP contribution in [-0.4, -0.2) is 0 Å². The molecular weight excluding hydrogens is 228 g/mol. The van der Waals surface area contributed by atoms with E-state index in [0.717, 1.165) is 6.42 Å². The second-order valence-corrected chi connectivity index (χ2v) is 4.23. The van der Waals surface area contributed by atoms with Crippen LogP contribution >= 0.6 is 0 Å². The van der Waals surface area contributed by atoms with Gasteiger partial charge < -0.3 is 0 Å². The molecule has 0 bridgehead atoms. The van der Waals surface area contributed by atoms with E-state index >= 15 is 0 Å². The summed E-state index contributed by atoms with van der Waals surface area (Å²) in [6.45, 7) is 0. The third-order valence-corrected chi connectivity index (χ3v) is 2.80. The molecule has 0 radical (unpaired) electrons. The lowest BCUT2D eigenvalue weighted by Crippen LogP contribution is -1.89. The summed E-state index contributed by atoms with van der Waals surface area (Å²) >= 11 is 0. The fourth-order valence-electron chi connectivity index (χ4n) is 1.83. The van der Waals surface area contributed by atoms with Crippen LogP contribution in [-0.2, 0) is 0 Å². The molecule has 0 nitrogen and oxygen atoms in total. The molecule has 19 heavy (non-hydrogen) atoms. The first-order valence-electron chi connectivity index (χ1n) is 6.54. The van der Waals surface area contributed by atoms with Crippen molar-refractivity contribution in [1.29, 1.82) is 0 Å². The number of allylic oxidation sites excluding steroid dienone is 18. The van der Waals surface area contributed by atoms with E-state index in [1.54, 1.807) is 0 Å². The Bertz CT molecular complexity index is 553. The van der Waals surface area contributed by atoms with Gasteiger partial charge >= 0.3 is 0 Å². The van der Waals surface area contributed by atoms with Crippen molar-refractivity contribution in [3.8, 4) is 0 Å². The van der Waals surface area contributed by atoms with Crippen molar-refractivity contribution in [3.63, 3.8) is 0 Å². The maximum Gasteiger partial charge on any atom is -0.00884 e. The highest BCUT2D eigenvalue weighted by molar-refractivity contribution is 5.48.